The van der Waals surface area contributed by atoms with Gasteiger partial charge < -0.3 is 34.2 Å². The number of aliphatic hydroxyl groups excluding tert-OH is 2. The van der Waals surface area contributed by atoms with Gasteiger partial charge in [-0.3, -0.25) is 32.5 Å². The molecule has 5 unspecified atom stereocenters. The average Bonchev–Trinajstić information content (AvgIpc) is 3.70. The highest BCUT2D eigenvalue weighted by atomic mass is 31.2. The summed E-state index contributed by atoms with van der Waals surface area (Å²) in [6.07, 6.45) is 82.7. The van der Waals surface area contributed by atoms with Crippen LogP contribution in [-0.2, 0) is 55.8 Å². The first kappa shape index (κ1) is 87.9. The van der Waals surface area contributed by atoms with E-state index in [2.05, 4.69) is 179 Å². The molecule has 0 aliphatic heterocycles. The number of phosphoric ester groups is 2. The molecule has 93 heavy (non-hydrogen) atoms. The Morgan fingerprint density at radius 2 is 0.581 bits per heavy atom. The van der Waals surface area contributed by atoms with Crippen molar-refractivity contribution in [3.63, 3.8) is 0 Å². The Balaban J connectivity index is 4.81. The molecule has 0 aliphatic carbocycles. The van der Waals surface area contributed by atoms with Gasteiger partial charge >= 0.3 is 33.6 Å². The van der Waals surface area contributed by atoms with E-state index in [1.807, 2.05) is 12.2 Å². The second kappa shape index (κ2) is 66.9. The lowest BCUT2D eigenvalue weighted by atomic mass is 10.1. The predicted molar refractivity (Wildman–Crippen MR) is 380 cm³/mol. The molecule has 526 valence electrons. The van der Waals surface area contributed by atoms with Crippen molar-refractivity contribution in [2.45, 2.75) is 245 Å². The lowest BCUT2D eigenvalue weighted by molar-refractivity contribution is -0.161. The van der Waals surface area contributed by atoms with Gasteiger partial charge in [0.25, 0.3) is 0 Å². The van der Waals surface area contributed by atoms with Gasteiger partial charge in [-0.05, 0) is 148 Å². The number of ether oxygens (including phenoxy) is 3. The number of aliphatic hydroxyl groups is 2. The standard InChI is InChI=1S/C75H120O16P2/c1-4-7-10-13-16-19-22-25-28-31-33-34-36-39-40-43-46-49-52-55-58-61-73(78)85-64-70(76)65-87-92(81,82)88-66-71(77)67-89-93(83,84)90-69-72(91-75(80)63-60-57-54-51-48-45-42-37-30-27-24-21-18-15-12-9-6-3)68-86-74(79)62-59-56-53-50-47-44-41-38-35-32-29-26-23-20-17-14-11-8-5-2/h8-9,11-12,16-21,25-30,33-35,38-40,42,44-45,47,51,54,70-72,76-77H,4-7,10,13-15,22-24,31-32,36-37,41,43,46,48-50,52-53,55-69H2,1-3H3,(H,81,82)(H,83,84)/b11-8-,12-9-,19-16-,20-17-,21-18-,28-25-,29-26-,30-27-,34-33-,38-35-,40-39-,45-42-,47-44-,54-51-. The Morgan fingerprint density at radius 3 is 0.946 bits per heavy atom. The zero-order valence-electron chi connectivity index (χ0n) is 56.9. The lowest BCUT2D eigenvalue weighted by Gasteiger charge is -2.21. The van der Waals surface area contributed by atoms with Gasteiger partial charge in [-0.25, -0.2) is 9.13 Å². The fraction of sp³-hybridized carbons (Fsp3) is 0.587. The molecule has 0 aromatic rings. The summed E-state index contributed by atoms with van der Waals surface area (Å²) in [7, 11) is -9.83. The number of rotatable bonds is 63. The largest absolute Gasteiger partial charge is 0.472 e. The Labute approximate surface area is 561 Å². The average molecular weight is 1340 g/mol. The molecule has 0 saturated carbocycles. The van der Waals surface area contributed by atoms with E-state index in [0.29, 0.717) is 25.7 Å². The van der Waals surface area contributed by atoms with E-state index < -0.39 is 91.5 Å². The highest BCUT2D eigenvalue weighted by molar-refractivity contribution is 7.47. The summed E-state index contributed by atoms with van der Waals surface area (Å²) in [6, 6.07) is 0. The third kappa shape index (κ3) is 68.1. The highest BCUT2D eigenvalue weighted by Gasteiger charge is 2.29. The molecule has 0 amide bonds. The zero-order valence-corrected chi connectivity index (χ0v) is 58.6. The van der Waals surface area contributed by atoms with Gasteiger partial charge in [-0.2, -0.15) is 0 Å². The minimum absolute atomic E-state index is 0.0105. The van der Waals surface area contributed by atoms with Crippen molar-refractivity contribution in [3.8, 4) is 0 Å². The monoisotopic (exact) mass is 1340 g/mol. The number of esters is 3. The van der Waals surface area contributed by atoms with Gasteiger partial charge in [0, 0.05) is 19.3 Å². The van der Waals surface area contributed by atoms with Crippen molar-refractivity contribution in [1.29, 1.82) is 0 Å². The van der Waals surface area contributed by atoms with Crippen molar-refractivity contribution in [3.05, 3.63) is 170 Å². The topological polar surface area (TPSA) is 231 Å². The van der Waals surface area contributed by atoms with Gasteiger partial charge in [0.2, 0.25) is 0 Å². The summed E-state index contributed by atoms with van der Waals surface area (Å²) in [4.78, 5) is 58.4. The van der Waals surface area contributed by atoms with Crippen LogP contribution >= 0.6 is 15.6 Å². The molecular weight excluding hydrogens is 1220 g/mol. The van der Waals surface area contributed by atoms with Crippen LogP contribution in [0.4, 0.5) is 0 Å². The van der Waals surface area contributed by atoms with E-state index in [1.165, 1.54) is 25.7 Å². The van der Waals surface area contributed by atoms with Crippen molar-refractivity contribution < 1.29 is 75.8 Å². The van der Waals surface area contributed by atoms with Crippen LogP contribution in [0.2, 0.25) is 0 Å². The van der Waals surface area contributed by atoms with Gasteiger partial charge in [0.15, 0.2) is 6.10 Å². The second-order valence-electron chi connectivity index (χ2n) is 22.2. The highest BCUT2D eigenvalue weighted by Crippen LogP contribution is 2.45. The quantitative estimate of drug-likeness (QED) is 0.0146. The number of hydrogen-bond acceptors (Lipinski definition) is 14. The Morgan fingerprint density at radius 1 is 0.312 bits per heavy atom. The van der Waals surface area contributed by atoms with Crippen molar-refractivity contribution >= 4 is 33.6 Å². The van der Waals surface area contributed by atoms with Gasteiger partial charge in [-0.1, -0.05) is 229 Å². The van der Waals surface area contributed by atoms with Crippen LogP contribution in [-0.4, -0.2) is 95.9 Å². The van der Waals surface area contributed by atoms with E-state index >= 15 is 0 Å². The first-order chi connectivity index (χ1) is 45.2. The Kier molecular flexibility index (Phi) is 63.2. The summed E-state index contributed by atoms with van der Waals surface area (Å²) in [5, 5.41) is 20.6. The van der Waals surface area contributed by atoms with Gasteiger partial charge in [0.05, 0.1) is 26.4 Å². The number of carbonyl (C=O) groups is 3. The Bertz CT molecular complexity index is 2370. The molecule has 0 saturated heterocycles. The van der Waals surface area contributed by atoms with Crippen LogP contribution < -0.4 is 0 Å². The number of unbranched alkanes of at least 4 members (excludes halogenated alkanes) is 12. The molecule has 0 bridgehead atoms. The molecule has 18 heteroatoms. The fourth-order valence-corrected chi connectivity index (χ4v) is 9.79. The molecule has 0 radical (unpaired) electrons. The number of hydrogen-bond donors (Lipinski definition) is 4. The number of carbonyl (C=O) groups excluding carboxylic acids is 3. The van der Waals surface area contributed by atoms with Crippen LogP contribution in [0, 0.1) is 0 Å². The fourth-order valence-electron chi connectivity index (χ4n) is 8.20. The molecule has 4 N–H and O–H groups in total. The van der Waals surface area contributed by atoms with E-state index in [4.69, 9.17) is 32.3 Å². The maximum Gasteiger partial charge on any atom is 0.472 e. The van der Waals surface area contributed by atoms with Gasteiger partial charge in [0.1, 0.15) is 25.4 Å². The third-order valence-corrected chi connectivity index (χ3v) is 15.3. The van der Waals surface area contributed by atoms with E-state index in [0.717, 1.165) is 135 Å². The van der Waals surface area contributed by atoms with Crippen molar-refractivity contribution in [1.82, 2.24) is 0 Å². The third-order valence-electron chi connectivity index (χ3n) is 13.4. The summed E-state index contributed by atoms with van der Waals surface area (Å²) < 4.78 is 60.8. The predicted octanol–water partition coefficient (Wildman–Crippen LogP) is 19.3. The summed E-state index contributed by atoms with van der Waals surface area (Å²) >= 11 is 0. The molecule has 16 nitrogen and oxygen atoms in total. The first-order valence-electron chi connectivity index (χ1n) is 34.4. The first-order valence-corrected chi connectivity index (χ1v) is 37.4. The molecule has 0 rings (SSSR count). The molecule has 0 fully saturated rings. The smallest absolute Gasteiger partial charge is 0.463 e. The summed E-state index contributed by atoms with van der Waals surface area (Å²) in [5.74, 6) is -1.72. The Hall–Kier alpha value is -5.09. The van der Waals surface area contributed by atoms with Crippen LogP contribution in [0.25, 0.3) is 0 Å². The minimum atomic E-state index is -4.96. The van der Waals surface area contributed by atoms with E-state index in [1.54, 1.807) is 0 Å². The normalized spacial score (nSPS) is 15.2. The van der Waals surface area contributed by atoms with Gasteiger partial charge in [-0.15, -0.1) is 0 Å². The minimum Gasteiger partial charge on any atom is -0.463 e. The summed E-state index contributed by atoms with van der Waals surface area (Å²) in [6.45, 7) is 2.24. The van der Waals surface area contributed by atoms with Crippen LogP contribution in [0.3, 0.4) is 0 Å². The molecule has 0 aliphatic rings. The van der Waals surface area contributed by atoms with Crippen LogP contribution in [0.5, 0.6) is 0 Å². The van der Waals surface area contributed by atoms with Crippen molar-refractivity contribution in [2.24, 2.45) is 0 Å². The van der Waals surface area contributed by atoms with Crippen molar-refractivity contribution in [2.75, 3.05) is 39.6 Å². The summed E-state index contributed by atoms with van der Waals surface area (Å²) in [5.41, 5.74) is 0. The maximum absolute atomic E-state index is 12.9. The van der Waals surface area contributed by atoms with E-state index in [9.17, 15) is 43.5 Å². The lowest BCUT2D eigenvalue weighted by Crippen LogP contribution is -2.30. The molecule has 5 atom stereocenters. The van der Waals surface area contributed by atoms with E-state index in [-0.39, 0.29) is 19.3 Å². The SMILES string of the molecule is CC/C=C\C/C=C\C/C=C\C/C=C\C/C=C\CCCCCC(=O)OCC(COP(=O)(O)OCC(O)COP(=O)(O)OCC(O)COC(=O)CCCCCCC/C=C\C/C=C\C/C=C\C/C=C\CCCCC)OC(=O)CCC/C=C\C/C=C\C/C=C\C/C=C\C/C=C\CC. The van der Waals surface area contributed by atoms with Crippen LogP contribution in [0.1, 0.15) is 226 Å². The number of phosphoric acid groups is 2. The maximum atomic E-state index is 12.9. The molecular formula is C75H120O16P2. The van der Waals surface area contributed by atoms with Crippen LogP contribution in [0.15, 0.2) is 170 Å². The molecule has 0 aromatic carbocycles. The second-order valence-corrected chi connectivity index (χ2v) is 25.1. The molecule has 0 aromatic heterocycles. The molecule has 0 heterocycles. The molecule has 0 spiro atoms. The zero-order chi connectivity index (χ0) is 68.1. The number of allylic oxidation sites excluding steroid dienone is 28.